The Labute approximate surface area is 202 Å². The molecular weight excluding hydrogens is 440 g/mol. The lowest BCUT2D eigenvalue weighted by atomic mass is 10.1. The first-order valence-corrected chi connectivity index (χ1v) is 11.1. The van der Waals surface area contributed by atoms with Crippen LogP contribution in [0.2, 0.25) is 0 Å². The molecule has 0 aliphatic heterocycles. The van der Waals surface area contributed by atoms with Gasteiger partial charge in [-0.1, -0.05) is 30.3 Å². The molecule has 0 aliphatic rings. The van der Waals surface area contributed by atoms with Crippen LogP contribution in [0, 0.1) is 13.8 Å². The Kier molecular flexibility index (Phi) is 5.62. The number of hydrogen-bond donors (Lipinski definition) is 2. The molecule has 35 heavy (non-hydrogen) atoms. The molecule has 0 aliphatic carbocycles. The second-order valence-corrected chi connectivity index (χ2v) is 8.20. The Morgan fingerprint density at radius 2 is 1.71 bits per heavy atom. The van der Waals surface area contributed by atoms with Gasteiger partial charge in [0.15, 0.2) is 5.65 Å². The normalized spacial score (nSPS) is 11.4. The summed E-state index contributed by atoms with van der Waals surface area (Å²) in [5.41, 5.74) is 12.5. The molecular formula is C27H24N6O2. The van der Waals surface area contributed by atoms with Crippen LogP contribution in [0.25, 0.3) is 22.2 Å². The van der Waals surface area contributed by atoms with E-state index < -0.39 is 0 Å². The van der Waals surface area contributed by atoms with Crippen molar-refractivity contribution in [3.8, 4) is 5.75 Å². The minimum absolute atomic E-state index is 0.141. The monoisotopic (exact) mass is 464 g/mol. The number of aryl methyl sites for hydroxylation is 2. The molecule has 0 saturated carbocycles. The molecule has 0 radical (unpaired) electrons. The minimum atomic E-state index is -0.383. The second kappa shape index (κ2) is 8.90. The number of benzene rings is 3. The van der Waals surface area contributed by atoms with Crippen molar-refractivity contribution in [2.24, 2.45) is 5.10 Å². The summed E-state index contributed by atoms with van der Waals surface area (Å²) >= 11 is 0. The topological polar surface area (TPSA) is 107 Å². The maximum atomic E-state index is 13.4. The van der Waals surface area contributed by atoms with Crippen LogP contribution in [0.4, 0.5) is 11.5 Å². The molecule has 2 aromatic heterocycles. The van der Waals surface area contributed by atoms with Gasteiger partial charge >= 0.3 is 0 Å². The molecule has 0 fully saturated rings. The van der Waals surface area contributed by atoms with Crippen molar-refractivity contribution in [2.45, 2.75) is 13.8 Å². The Morgan fingerprint density at radius 1 is 1.00 bits per heavy atom. The van der Waals surface area contributed by atoms with E-state index in [4.69, 9.17) is 20.4 Å². The number of para-hydroxylation sites is 3. The van der Waals surface area contributed by atoms with Gasteiger partial charge in [-0.05, 0) is 61.4 Å². The summed E-state index contributed by atoms with van der Waals surface area (Å²) in [5, 5.41) is 7.50. The number of aromatic nitrogens is 3. The van der Waals surface area contributed by atoms with Crippen LogP contribution < -0.4 is 15.8 Å². The number of carbonyl (C=O) groups is 1. The number of carbonyl (C=O) groups excluding carboxylic acids is 1. The largest absolute Gasteiger partial charge is 0.496 e. The van der Waals surface area contributed by atoms with Gasteiger partial charge in [0.05, 0.1) is 24.4 Å². The van der Waals surface area contributed by atoms with Crippen LogP contribution >= 0.6 is 0 Å². The van der Waals surface area contributed by atoms with Crippen LogP contribution in [-0.2, 0) is 0 Å². The fraction of sp³-hybridized carbons (Fsp3) is 0.111. The molecule has 0 saturated heterocycles. The fourth-order valence-electron chi connectivity index (χ4n) is 3.89. The minimum Gasteiger partial charge on any atom is -0.496 e. The molecule has 5 rings (SSSR count). The molecule has 0 atom stereocenters. The van der Waals surface area contributed by atoms with Gasteiger partial charge in [0.2, 0.25) is 0 Å². The van der Waals surface area contributed by atoms with E-state index in [0.717, 1.165) is 16.7 Å². The van der Waals surface area contributed by atoms with Crippen LogP contribution in [0.1, 0.15) is 27.0 Å². The van der Waals surface area contributed by atoms with Gasteiger partial charge in [-0.25, -0.2) is 9.97 Å². The number of ether oxygens (including phenoxy) is 1. The first-order chi connectivity index (χ1) is 17.0. The van der Waals surface area contributed by atoms with Gasteiger partial charge in [-0.15, -0.1) is 0 Å². The average molecular weight is 465 g/mol. The van der Waals surface area contributed by atoms with Crippen molar-refractivity contribution >= 4 is 45.8 Å². The first kappa shape index (κ1) is 22.1. The first-order valence-electron chi connectivity index (χ1n) is 11.1. The molecule has 174 valence electrons. The maximum Gasteiger partial charge on any atom is 0.261 e. The molecule has 0 unspecified atom stereocenters. The van der Waals surface area contributed by atoms with Gasteiger partial charge in [0, 0.05) is 11.3 Å². The summed E-state index contributed by atoms with van der Waals surface area (Å²) in [4.78, 5) is 22.9. The van der Waals surface area contributed by atoms with E-state index in [0.29, 0.717) is 33.6 Å². The Bertz CT molecular complexity index is 1620. The van der Waals surface area contributed by atoms with E-state index in [1.165, 1.54) is 4.68 Å². The van der Waals surface area contributed by atoms with Gasteiger partial charge in [-0.3, -0.25) is 4.79 Å². The number of nitrogens with one attached hydrogen (secondary N) is 1. The number of nitrogens with zero attached hydrogens (tertiary/aromatic N) is 4. The molecule has 3 N–H and O–H groups in total. The van der Waals surface area contributed by atoms with Gasteiger partial charge in [-0.2, -0.15) is 9.78 Å². The standard InChI is InChI=1S/C27H24N6O2/c1-16-12-13-19(14-17(16)2)30-27(34)23-24-26(32-21-10-6-5-9-20(21)31-24)33(25(23)28)29-15-18-8-4-7-11-22(18)35-3/h4-15H,28H2,1-3H3,(H,30,34)/b29-15+. The van der Waals surface area contributed by atoms with Crippen molar-refractivity contribution in [3.63, 3.8) is 0 Å². The number of anilines is 2. The highest BCUT2D eigenvalue weighted by molar-refractivity contribution is 6.16. The fourth-order valence-corrected chi connectivity index (χ4v) is 3.89. The highest BCUT2D eigenvalue weighted by Crippen LogP contribution is 2.29. The molecule has 2 heterocycles. The molecule has 8 heteroatoms. The van der Waals surface area contributed by atoms with E-state index in [1.807, 2.05) is 80.6 Å². The zero-order valence-electron chi connectivity index (χ0n) is 19.6. The summed E-state index contributed by atoms with van der Waals surface area (Å²) in [6, 6.07) is 20.7. The van der Waals surface area contributed by atoms with Crippen LogP contribution in [0.5, 0.6) is 5.75 Å². The van der Waals surface area contributed by atoms with Crippen molar-refractivity contribution < 1.29 is 9.53 Å². The van der Waals surface area contributed by atoms with Gasteiger partial charge < -0.3 is 15.8 Å². The zero-order chi connectivity index (χ0) is 24.5. The highest BCUT2D eigenvalue weighted by Gasteiger charge is 2.24. The quantitative estimate of drug-likeness (QED) is 0.359. The van der Waals surface area contributed by atoms with Crippen LogP contribution in [-0.4, -0.2) is 33.9 Å². The molecule has 0 spiro atoms. The summed E-state index contributed by atoms with van der Waals surface area (Å²) < 4.78 is 6.85. The molecule has 0 bridgehead atoms. The lowest BCUT2D eigenvalue weighted by Crippen LogP contribution is -2.14. The Balaban J connectivity index is 1.66. The second-order valence-electron chi connectivity index (χ2n) is 8.20. The number of amides is 1. The van der Waals surface area contributed by atoms with Crippen molar-refractivity contribution in [3.05, 3.63) is 89.0 Å². The van der Waals surface area contributed by atoms with E-state index in [-0.39, 0.29) is 17.3 Å². The van der Waals surface area contributed by atoms with E-state index in [2.05, 4.69) is 10.4 Å². The number of hydrogen-bond acceptors (Lipinski definition) is 6. The number of methoxy groups -OCH3 is 1. The zero-order valence-corrected chi connectivity index (χ0v) is 19.6. The lowest BCUT2D eigenvalue weighted by molar-refractivity contribution is 0.102. The van der Waals surface area contributed by atoms with Crippen molar-refractivity contribution in [1.29, 1.82) is 0 Å². The number of nitrogens with two attached hydrogens (primary N) is 1. The number of nitrogen functional groups attached to an aromatic ring is 1. The SMILES string of the molecule is COc1ccccc1/C=N/n1c(N)c(C(=O)Nc2ccc(C)c(C)c2)c2nc3ccccc3nc21. The van der Waals surface area contributed by atoms with E-state index in [1.54, 1.807) is 13.3 Å². The maximum absolute atomic E-state index is 13.4. The Hall–Kier alpha value is -4.72. The predicted octanol–water partition coefficient (Wildman–Crippen LogP) is 4.93. The highest BCUT2D eigenvalue weighted by atomic mass is 16.5. The molecule has 5 aromatic rings. The smallest absolute Gasteiger partial charge is 0.261 e. The van der Waals surface area contributed by atoms with Crippen molar-refractivity contribution in [2.75, 3.05) is 18.2 Å². The summed E-state index contributed by atoms with van der Waals surface area (Å²) in [6.45, 7) is 4.02. The predicted molar refractivity (Wildman–Crippen MR) is 139 cm³/mol. The molecule has 1 amide bonds. The van der Waals surface area contributed by atoms with Crippen LogP contribution in [0.15, 0.2) is 71.8 Å². The van der Waals surface area contributed by atoms with Gasteiger partial charge in [0.25, 0.3) is 5.91 Å². The summed E-state index contributed by atoms with van der Waals surface area (Å²) in [5.74, 6) is 0.421. The van der Waals surface area contributed by atoms with E-state index >= 15 is 0 Å². The summed E-state index contributed by atoms with van der Waals surface area (Å²) in [7, 11) is 1.60. The molecule has 8 nitrogen and oxygen atoms in total. The third-order valence-corrected chi connectivity index (χ3v) is 5.92. The summed E-state index contributed by atoms with van der Waals surface area (Å²) in [6.07, 6.45) is 1.62. The van der Waals surface area contributed by atoms with Crippen LogP contribution in [0.3, 0.4) is 0 Å². The Morgan fingerprint density at radius 3 is 2.46 bits per heavy atom. The average Bonchev–Trinajstić information content (AvgIpc) is 3.13. The van der Waals surface area contributed by atoms with E-state index in [9.17, 15) is 4.79 Å². The van der Waals surface area contributed by atoms with Gasteiger partial charge in [0.1, 0.15) is 22.6 Å². The van der Waals surface area contributed by atoms with Crippen molar-refractivity contribution in [1.82, 2.24) is 14.6 Å². The third-order valence-electron chi connectivity index (χ3n) is 5.92. The lowest BCUT2D eigenvalue weighted by Gasteiger charge is -2.08. The number of rotatable bonds is 5. The third kappa shape index (κ3) is 4.06. The molecule has 3 aromatic carbocycles. The number of fused-ring (bicyclic) bond motifs is 2.